The SMILES string of the molecule is CCCNC(=O)c1cccc(CN2C(=O)COc3ccc(C)cc32)c1. The highest BCUT2D eigenvalue weighted by Gasteiger charge is 2.25. The molecular formula is C20H22N2O3. The number of ether oxygens (including phenoxy) is 1. The van der Waals surface area contributed by atoms with Crippen LogP contribution < -0.4 is 15.0 Å². The van der Waals surface area contributed by atoms with Gasteiger partial charge in [-0.15, -0.1) is 0 Å². The lowest BCUT2D eigenvalue weighted by Gasteiger charge is -2.29. The number of fused-ring (bicyclic) bond motifs is 1. The molecule has 0 saturated heterocycles. The van der Waals surface area contributed by atoms with Gasteiger partial charge in [0.15, 0.2) is 6.61 Å². The van der Waals surface area contributed by atoms with Gasteiger partial charge in [-0.2, -0.15) is 0 Å². The van der Waals surface area contributed by atoms with E-state index in [-0.39, 0.29) is 18.4 Å². The van der Waals surface area contributed by atoms with Crippen LogP contribution in [-0.2, 0) is 11.3 Å². The topological polar surface area (TPSA) is 58.6 Å². The van der Waals surface area contributed by atoms with Gasteiger partial charge in [0.25, 0.3) is 11.8 Å². The van der Waals surface area contributed by atoms with Gasteiger partial charge in [0, 0.05) is 12.1 Å². The summed E-state index contributed by atoms with van der Waals surface area (Å²) >= 11 is 0. The Hall–Kier alpha value is -2.82. The summed E-state index contributed by atoms with van der Waals surface area (Å²) in [5.74, 6) is 0.536. The van der Waals surface area contributed by atoms with Crippen LogP contribution in [0.5, 0.6) is 5.75 Å². The normalized spacial score (nSPS) is 13.2. The monoisotopic (exact) mass is 338 g/mol. The average Bonchev–Trinajstić information content (AvgIpc) is 2.62. The van der Waals surface area contributed by atoms with Crippen molar-refractivity contribution in [2.45, 2.75) is 26.8 Å². The number of nitrogens with zero attached hydrogens (tertiary/aromatic N) is 1. The van der Waals surface area contributed by atoms with E-state index < -0.39 is 0 Å². The smallest absolute Gasteiger partial charge is 0.265 e. The summed E-state index contributed by atoms with van der Waals surface area (Å²) in [5.41, 5.74) is 3.36. The molecule has 130 valence electrons. The maximum absolute atomic E-state index is 12.4. The van der Waals surface area contributed by atoms with Crippen molar-refractivity contribution in [2.24, 2.45) is 0 Å². The molecule has 2 amide bonds. The first-order valence-corrected chi connectivity index (χ1v) is 8.49. The molecule has 0 spiro atoms. The number of nitrogens with one attached hydrogen (secondary N) is 1. The molecule has 5 nitrogen and oxygen atoms in total. The van der Waals surface area contributed by atoms with E-state index in [1.807, 2.05) is 50.2 Å². The van der Waals surface area contributed by atoms with Gasteiger partial charge in [0.2, 0.25) is 0 Å². The fourth-order valence-corrected chi connectivity index (χ4v) is 2.82. The molecule has 0 radical (unpaired) electrons. The molecule has 1 aliphatic heterocycles. The Bertz CT molecular complexity index is 801. The number of carbonyl (C=O) groups is 2. The maximum Gasteiger partial charge on any atom is 0.265 e. The molecule has 0 unspecified atom stereocenters. The first-order chi connectivity index (χ1) is 12.1. The van der Waals surface area contributed by atoms with Crippen LogP contribution in [0.3, 0.4) is 0 Å². The lowest BCUT2D eigenvalue weighted by Crippen LogP contribution is -2.38. The van der Waals surface area contributed by atoms with Crippen LogP contribution in [0, 0.1) is 6.92 Å². The van der Waals surface area contributed by atoms with Gasteiger partial charge in [-0.25, -0.2) is 0 Å². The zero-order valence-corrected chi connectivity index (χ0v) is 14.5. The van der Waals surface area contributed by atoms with E-state index >= 15 is 0 Å². The number of anilines is 1. The number of amides is 2. The molecule has 5 heteroatoms. The Morgan fingerprint density at radius 2 is 2.08 bits per heavy atom. The summed E-state index contributed by atoms with van der Waals surface area (Å²) in [6.07, 6.45) is 0.893. The quantitative estimate of drug-likeness (QED) is 0.911. The fraction of sp³-hybridized carbons (Fsp3) is 0.300. The number of hydrogen-bond donors (Lipinski definition) is 1. The summed E-state index contributed by atoms with van der Waals surface area (Å²) in [6, 6.07) is 13.2. The second kappa shape index (κ2) is 7.38. The van der Waals surface area contributed by atoms with Crippen LogP contribution in [0.1, 0.15) is 34.8 Å². The highest BCUT2D eigenvalue weighted by Crippen LogP contribution is 2.33. The van der Waals surface area contributed by atoms with Crippen LogP contribution in [-0.4, -0.2) is 25.0 Å². The van der Waals surface area contributed by atoms with Crippen molar-refractivity contribution in [2.75, 3.05) is 18.1 Å². The molecule has 25 heavy (non-hydrogen) atoms. The van der Waals surface area contributed by atoms with E-state index in [0.717, 1.165) is 23.2 Å². The van der Waals surface area contributed by atoms with Crippen LogP contribution in [0.2, 0.25) is 0 Å². The minimum absolute atomic E-state index is 0.0345. The molecular weight excluding hydrogens is 316 g/mol. The fourth-order valence-electron chi connectivity index (χ4n) is 2.82. The van der Waals surface area contributed by atoms with E-state index in [4.69, 9.17) is 4.74 Å². The molecule has 0 atom stereocenters. The molecule has 0 aromatic heterocycles. The average molecular weight is 338 g/mol. The first kappa shape index (κ1) is 17.0. The van der Waals surface area contributed by atoms with Gasteiger partial charge in [0.1, 0.15) is 5.75 Å². The van der Waals surface area contributed by atoms with Crippen LogP contribution in [0.15, 0.2) is 42.5 Å². The lowest BCUT2D eigenvalue weighted by atomic mass is 10.1. The third kappa shape index (κ3) is 3.82. The van der Waals surface area contributed by atoms with Gasteiger partial charge in [-0.3, -0.25) is 9.59 Å². The largest absolute Gasteiger partial charge is 0.482 e. The zero-order valence-electron chi connectivity index (χ0n) is 14.5. The predicted molar refractivity (Wildman–Crippen MR) is 96.9 cm³/mol. The summed E-state index contributed by atoms with van der Waals surface area (Å²) in [5, 5.41) is 2.87. The van der Waals surface area contributed by atoms with E-state index in [9.17, 15) is 9.59 Å². The summed E-state index contributed by atoms with van der Waals surface area (Å²) in [6.45, 7) is 5.09. The second-order valence-corrected chi connectivity index (χ2v) is 6.20. The molecule has 2 aromatic carbocycles. The van der Waals surface area contributed by atoms with E-state index in [0.29, 0.717) is 24.4 Å². The maximum atomic E-state index is 12.4. The van der Waals surface area contributed by atoms with Crippen molar-refractivity contribution in [1.82, 2.24) is 5.32 Å². The van der Waals surface area contributed by atoms with E-state index in [1.165, 1.54) is 0 Å². The number of carbonyl (C=O) groups excluding carboxylic acids is 2. The first-order valence-electron chi connectivity index (χ1n) is 8.49. The third-order valence-corrected chi connectivity index (χ3v) is 4.12. The van der Waals surface area contributed by atoms with Crippen molar-refractivity contribution in [3.63, 3.8) is 0 Å². The van der Waals surface area contributed by atoms with Gasteiger partial charge in [-0.1, -0.05) is 25.1 Å². The number of benzene rings is 2. The molecule has 1 heterocycles. The van der Waals surface area contributed by atoms with Crippen molar-refractivity contribution in [3.05, 3.63) is 59.2 Å². The molecule has 0 fully saturated rings. The van der Waals surface area contributed by atoms with Crippen LogP contribution in [0.25, 0.3) is 0 Å². The summed E-state index contributed by atoms with van der Waals surface area (Å²) < 4.78 is 5.51. The molecule has 0 bridgehead atoms. The Morgan fingerprint density at radius 1 is 1.24 bits per heavy atom. The van der Waals surface area contributed by atoms with E-state index in [2.05, 4.69) is 5.32 Å². The molecule has 2 aromatic rings. The second-order valence-electron chi connectivity index (χ2n) is 6.20. The predicted octanol–water partition coefficient (Wildman–Crippen LogP) is 3.06. The molecule has 0 aliphatic carbocycles. The third-order valence-electron chi connectivity index (χ3n) is 4.12. The van der Waals surface area contributed by atoms with Gasteiger partial charge in [0.05, 0.1) is 12.2 Å². The van der Waals surface area contributed by atoms with Crippen LogP contribution >= 0.6 is 0 Å². The van der Waals surface area contributed by atoms with Gasteiger partial charge >= 0.3 is 0 Å². The zero-order chi connectivity index (χ0) is 17.8. The number of hydrogen-bond acceptors (Lipinski definition) is 3. The summed E-state index contributed by atoms with van der Waals surface area (Å²) in [4.78, 5) is 26.2. The molecule has 3 rings (SSSR count). The molecule has 1 aliphatic rings. The van der Waals surface area contributed by atoms with Crippen molar-refractivity contribution in [3.8, 4) is 5.75 Å². The summed E-state index contributed by atoms with van der Waals surface area (Å²) in [7, 11) is 0. The Morgan fingerprint density at radius 3 is 2.88 bits per heavy atom. The standard InChI is InChI=1S/C20H22N2O3/c1-3-9-21-20(24)16-6-4-5-15(11-16)12-22-17-10-14(2)7-8-18(17)25-13-19(22)23/h4-8,10-11H,3,9,12-13H2,1-2H3,(H,21,24). The van der Waals surface area contributed by atoms with Crippen molar-refractivity contribution < 1.29 is 14.3 Å². The van der Waals surface area contributed by atoms with Crippen molar-refractivity contribution >= 4 is 17.5 Å². The van der Waals surface area contributed by atoms with Crippen LogP contribution in [0.4, 0.5) is 5.69 Å². The highest BCUT2D eigenvalue weighted by atomic mass is 16.5. The molecule has 1 N–H and O–H groups in total. The van der Waals surface area contributed by atoms with Crippen molar-refractivity contribution in [1.29, 1.82) is 0 Å². The Kier molecular flexibility index (Phi) is 5.03. The van der Waals surface area contributed by atoms with E-state index in [1.54, 1.807) is 11.0 Å². The Labute approximate surface area is 147 Å². The minimum atomic E-state index is -0.0896. The molecule has 0 saturated carbocycles. The van der Waals surface area contributed by atoms with Gasteiger partial charge < -0.3 is 15.0 Å². The minimum Gasteiger partial charge on any atom is -0.482 e. The number of rotatable bonds is 5. The lowest BCUT2D eigenvalue weighted by molar-refractivity contribution is -0.121. The number of aryl methyl sites for hydroxylation is 1. The van der Waals surface area contributed by atoms with Gasteiger partial charge in [-0.05, 0) is 48.7 Å². The Balaban J connectivity index is 1.84. The highest BCUT2D eigenvalue weighted by molar-refractivity contribution is 5.98.